The number of hydrogen-bond acceptors (Lipinski definition) is 6. The molecular formula is C26H47N5O4S. The van der Waals surface area contributed by atoms with Crippen LogP contribution in [0, 0.1) is 11.8 Å². The number of primary amides is 1. The maximum absolute atomic E-state index is 11.0. The van der Waals surface area contributed by atoms with Crippen molar-refractivity contribution in [3.05, 3.63) is 29.8 Å². The van der Waals surface area contributed by atoms with E-state index in [1.165, 1.54) is 0 Å². The summed E-state index contributed by atoms with van der Waals surface area (Å²) in [5, 5.41) is 16.8. The van der Waals surface area contributed by atoms with Gasteiger partial charge in [-0.1, -0.05) is 41.0 Å². The van der Waals surface area contributed by atoms with E-state index in [1.54, 1.807) is 24.3 Å². The molecular weight excluding hydrogens is 478 g/mol. The van der Waals surface area contributed by atoms with Gasteiger partial charge in [0.2, 0.25) is 11.8 Å². The summed E-state index contributed by atoms with van der Waals surface area (Å²) < 4.78 is 0. The number of urea groups is 1. The van der Waals surface area contributed by atoms with Crippen molar-refractivity contribution in [3.63, 3.8) is 0 Å². The number of benzene rings is 1. The van der Waals surface area contributed by atoms with Crippen molar-refractivity contribution in [2.45, 2.75) is 72.4 Å². The van der Waals surface area contributed by atoms with E-state index in [0.29, 0.717) is 48.2 Å². The third kappa shape index (κ3) is 17.0. The first-order valence-electron chi connectivity index (χ1n) is 12.7. The molecule has 0 saturated carbocycles. The average molecular weight is 526 g/mol. The molecule has 2 saturated heterocycles. The predicted molar refractivity (Wildman–Crippen MR) is 150 cm³/mol. The van der Waals surface area contributed by atoms with Gasteiger partial charge in [-0.25, -0.2) is 4.79 Å². The number of carbonyl (C=O) groups is 3. The van der Waals surface area contributed by atoms with Crippen LogP contribution in [0.25, 0.3) is 0 Å². The van der Waals surface area contributed by atoms with Crippen molar-refractivity contribution in [2.75, 3.05) is 30.4 Å². The first-order chi connectivity index (χ1) is 17.0. The van der Waals surface area contributed by atoms with Crippen molar-refractivity contribution < 1.29 is 19.5 Å². The lowest BCUT2D eigenvalue weighted by Crippen LogP contribution is -2.31. The molecule has 0 unspecified atom stereocenters. The highest BCUT2D eigenvalue weighted by Crippen LogP contribution is 2.20. The van der Waals surface area contributed by atoms with E-state index in [-0.39, 0.29) is 11.9 Å². The lowest BCUT2D eigenvalue weighted by molar-refractivity contribution is -0.121. The fourth-order valence-corrected chi connectivity index (χ4v) is 4.14. The molecule has 206 valence electrons. The smallest absolute Gasteiger partial charge is 0.315 e. The third-order valence-electron chi connectivity index (χ3n) is 5.08. The molecule has 2 heterocycles. The molecule has 0 aromatic heterocycles. The number of hydrogen-bond donors (Lipinski definition) is 6. The zero-order valence-electron chi connectivity index (χ0n) is 22.5. The Labute approximate surface area is 220 Å². The molecule has 2 aliphatic rings. The van der Waals surface area contributed by atoms with Gasteiger partial charge >= 0.3 is 6.03 Å². The van der Waals surface area contributed by atoms with E-state index >= 15 is 0 Å². The molecule has 2 fully saturated rings. The number of nitrogen functional groups attached to an aromatic ring is 1. The molecule has 10 heteroatoms. The fourth-order valence-electron chi connectivity index (χ4n) is 2.87. The number of nitrogens with two attached hydrogens (primary N) is 2. The molecule has 36 heavy (non-hydrogen) atoms. The van der Waals surface area contributed by atoms with Crippen molar-refractivity contribution >= 4 is 35.3 Å². The quantitative estimate of drug-likeness (QED) is 0.226. The second kappa shape index (κ2) is 19.7. The maximum Gasteiger partial charge on any atom is 0.315 e. The second-order valence-electron chi connectivity index (χ2n) is 9.56. The van der Waals surface area contributed by atoms with E-state index < -0.39 is 5.91 Å². The molecule has 2 aliphatic heterocycles. The van der Waals surface area contributed by atoms with Crippen molar-refractivity contribution in [1.82, 2.24) is 16.0 Å². The Morgan fingerprint density at radius 3 is 2.03 bits per heavy atom. The SMILES string of the molecule is CC(C)CCO.CCCCC(=O)NCC(C)C.NC(=O)c1ccc(N)cc1.O=C1N[C@H]2CSC[C@H]2N1. The minimum atomic E-state index is -0.431. The van der Waals surface area contributed by atoms with Gasteiger partial charge in [-0.3, -0.25) is 9.59 Å². The van der Waals surface area contributed by atoms with Crippen LogP contribution < -0.4 is 27.4 Å². The van der Waals surface area contributed by atoms with Gasteiger partial charge in [0.25, 0.3) is 0 Å². The fraction of sp³-hybridized carbons (Fsp3) is 0.654. The van der Waals surface area contributed by atoms with Crippen LogP contribution >= 0.6 is 11.8 Å². The molecule has 0 spiro atoms. The van der Waals surface area contributed by atoms with Crippen LogP contribution in [0.2, 0.25) is 0 Å². The Morgan fingerprint density at radius 1 is 1.08 bits per heavy atom. The van der Waals surface area contributed by atoms with Crippen LogP contribution in [0.4, 0.5) is 10.5 Å². The Balaban J connectivity index is 0.000000463. The van der Waals surface area contributed by atoms with E-state index in [0.717, 1.165) is 37.3 Å². The highest BCUT2D eigenvalue weighted by molar-refractivity contribution is 7.99. The predicted octanol–water partition coefficient (Wildman–Crippen LogP) is 3.12. The van der Waals surface area contributed by atoms with Crippen molar-refractivity contribution in [1.29, 1.82) is 0 Å². The summed E-state index contributed by atoms with van der Waals surface area (Å²) in [4.78, 5) is 32.1. The topological polar surface area (TPSA) is 160 Å². The van der Waals surface area contributed by atoms with Crippen LogP contribution in [-0.2, 0) is 4.79 Å². The number of unbranched alkanes of at least 4 members (excludes halogenated alkanes) is 1. The number of fused-ring (bicyclic) bond motifs is 1. The van der Waals surface area contributed by atoms with Gasteiger partial charge in [0, 0.05) is 42.3 Å². The summed E-state index contributed by atoms with van der Waals surface area (Å²) in [5.41, 5.74) is 11.5. The normalized spacial score (nSPS) is 17.3. The Kier molecular flexibility index (Phi) is 18.3. The Morgan fingerprint density at radius 2 is 1.64 bits per heavy atom. The van der Waals surface area contributed by atoms with Crippen molar-refractivity contribution in [2.24, 2.45) is 17.6 Å². The zero-order chi connectivity index (χ0) is 27.5. The van der Waals surface area contributed by atoms with E-state index in [2.05, 4.69) is 50.6 Å². The lowest BCUT2D eigenvalue weighted by Gasteiger charge is -2.06. The molecule has 9 nitrogen and oxygen atoms in total. The molecule has 1 aromatic rings. The van der Waals surface area contributed by atoms with Crippen LogP contribution in [-0.4, -0.2) is 59.7 Å². The number of aliphatic hydroxyl groups excluding tert-OH is 1. The highest BCUT2D eigenvalue weighted by atomic mass is 32.2. The standard InChI is InChI=1S/C9H19NO.C7H8N2O.C5H8N2OS.C5H12O/c1-4-5-6-9(11)10-7-8(2)3;8-6-3-1-5(2-4-6)7(9)10;8-5-6-3-1-9-2-4(3)7-5;1-5(2)3-4-6/h8H,4-7H2,1-3H3,(H,10,11);1-4H,8H2,(H2,9,10);3-4H,1-2H2,(H2,6,7,8);5-6H,3-4H2,1-2H3/t;;3-,4+;. The second-order valence-corrected chi connectivity index (χ2v) is 10.6. The average Bonchev–Trinajstić information content (AvgIpc) is 3.38. The first kappa shape index (κ1) is 33.5. The van der Waals surface area contributed by atoms with Crippen LogP contribution in [0.1, 0.15) is 70.7 Å². The number of thioether (sulfide) groups is 1. The molecule has 8 N–H and O–H groups in total. The summed E-state index contributed by atoms with van der Waals surface area (Å²) in [6.07, 6.45) is 3.71. The molecule has 3 rings (SSSR count). The highest BCUT2D eigenvalue weighted by Gasteiger charge is 2.35. The van der Waals surface area contributed by atoms with Gasteiger partial charge in [0.1, 0.15) is 0 Å². The molecule has 4 amide bonds. The number of nitrogens with one attached hydrogen (secondary N) is 3. The van der Waals surface area contributed by atoms with Gasteiger partial charge in [-0.15, -0.1) is 0 Å². The van der Waals surface area contributed by atoms with Crippen LogP contribution in [0.5, 0.6) is 0 Å². The molecule has 0 bridgehead atoms. The third-order valence-corrected chi connectivity index (χ3v) is 6.27. The summed E-state index contributed by atoms with van der Waals surface area (Å²) >= 11 is 1.89. The number of anilines is 1. The van der Waals surface area contributed by atoms with Crippen molar-refractivity contribution in [3.8, 4) is 0 Å². The maximum atomic E-state index is 11.0. The minimum Gasteiger partial charge on any atom is -0.399 e. The van der Waals surface area contributed by atoms with E-state index in [9.17, 15) is 14.4 Å². The van der Waals surface area contributed by atoms with E-state index in [4.69, 9.17) is 16.6 Å². The lowest BCUT2D eigenvalue weighted by atomic mass is 10.2. The Hall–Kier alpha value is -2.46. The summed E-state index contributed by atoms with van der Waals surface area (Å²) in [5.74, 6) is 3.11. The van der Waals surface area contributed by atoms with Gasteiger partial charge in [-0.05, 0) is 48.9 Å². The van der Waals surface area contributed by atoms with Gasteiger partial charge in [-0.2, -0.15) is 11.8 Å². The summed E-state index contributed by atoms with van der Waals surface area (Å²) in [6.45, 7) is 11.6. The largest absolute Gasteiger partial charge is 0.399 e. The van der Waals surface area contributed by atoms with Gasteiger partial charge in [0.05, 0.1) is 12.1 Å². The van der Waals surface area contributed by atoms with Crippen LogP contribution in [0.15, 0.2) is 24.3 Å². The number of carbonyl (C=O) groups excluding carboxylic acids is 3. The number of rotatable bonds is 8. The molecule has 2 atom stereocenters. The minimum absolute atomic E-state index is 0.00491. The van der Waals surface area contributed by atoms with Gasteiger partial charge in [0.15, 0.2) is 0 Å². The van der Waals surface area contributed by atoms with E-state index in [1.807, 2.05) is 11.8 Å². The number of amides is 4. The summed E-state index contributed by atoms with van der Waals surface area (Å²) in [7, 11) is 0. The molecule has 0 aliphatic carbocycles. The first-order valence-corrected chi connectivity index (χ1v) is 13.8. The monoisotopic (exact) mass is 525 g/mol. The Bertz CT molecular complexity index is 745. The van der Waals surface area contributed by atoms with Gasteiger partial charge < -0.3 is 32.5 Å². The number of aliphatic hydroxyl groups is 1. The molecule has 0 radical (unpaired) electrons. The zero-order valence-corrected chi connectivity index (χ0v) is 23.3. The van der Waals surface area contributed by atoms with Crippen LogP contribution in [0.3, 0.4) is 0 Å². The summed E-state index contributed by atoms with van der Waals surface area (Å²) in [6, 6.07) is 7.28. The molecule has 1 aromatic carbocycles.